The lowest BCUT2D eigenvalue weighted by Gasteiger charge is -2.18. The van der Waals surface area contributed by atoms with Crippen LogP contribution in [0.1, 0.15) is 36.4 Å². The van der Waals surface area contributed by atoms with Crippen molar-refractivity contribution < 1.29 is 14.0 Å². The highest BCUT2D eigenvalue weighted by Crippen LogP contribution is 2.18. The van der Waals surface area contributed by atoms with Gasteiger partial charge in [-0.2, -0.15) is 5.10 Å². The molecule has 1 N–H and O–H groups in total. The van der Waals surface area contributed by atoms with E-state index in [0.29, 0.717) is 18.7 Å². The van der Waals surface area contributed by atoms with Crippen LogP contribution in [0.25, 0.3) is 0 Å². The van der Waals surface area contributed by atoms with Crippen molar-refractivity contribution >= 4 is 23.4 Å². The number of benzene rings is 1. The first-order chi connectivity index (χ1) is 13.3. The van der Waals surface area contributed by atoms with Gasteiger partial charge in [0.05, 0.1) is 12.1 Å². The van der Waals surface area contributed by atoms with Gasteiger partial charge in [0.2, 0.25) is 11.8 Å². The molecule has 8 heteroatoms. The van der Waals surface area contributed by atoms with Crippen molar-refractivity contribution in [2.45, 2.75) is 47.2 Å². The molecule has 0 fully saturated rings. The Morgan fingerprint density at radius 3 is 2.54 bits per heavy atom. The van der Waals surface area contributed by atoms with Crippen molar-refractivity contribution in [3.63, 3.8) is 0 Å². The van der Waals surface area contributed by atoms with E-state index >= 15 is 0 Å². The maximum absolute atomic E-state index is 13.1. The third kappa shape index (κ3) is 5.32. The summed E-state index contributed by atoms with van der Waals surface area (Å²) in [5, 5.41) is 7.49. The Balaban J connectivity index is 2.02. The van der Waals surface area contributed by atoms with Crippen molar-refractivity contribution in [2.24, 2.45) is 0 Å². The number of nitrogens with zero attached hydrogens (tertiary/aromatic N) is 3. The van der Waals surface area contributed by atoms with Crippen LogP contribution in [0.3, 0.4) is 0 Å². The van der Waals surface area contributed by atoms with Gasteiger partial charge in [0, 0.05) is 35.9 Å². The molecular formula is C20H26ClFN4O2. The number of aromatic nitrogens is 2. The summed E-state index contributed by atoms with van der Waals surface area (Å²) in [6.07, 6.45) is 0.149. The number of amides is 2. The molecule has 0 spiro atoms. The average Bonchev–Trinajstić information content (AvgIpc) is 2.89. The molecule has 0 radical (unpaired) electrons. The van der Waals surface area contributed by atoms with Gasteiger partial charge >= 0.3 is 0 Å². The zero-order valence-electron chi connectivity index (χ0n) is 16.7. The Hall–Kier alpha value is -2.41. The number of hydrogen-bond acceptors (Lipinski definition) is 3. The molecule has 2 amide bonds. The molecule has 28 heavy (non-hydrogen) atoms. The van der Waals surface area contributed by atoms with Crippen molar-refractivity contribution in [1.29, 1.82) is 0 Å². The maximum atomic E-state index is 13.1. The molecule has 1 heterocycles. The number of rotatable bonds is 8. The summed E-state index contributed by atoms with van der Waals surface area (Å²) in [5.74, 6) is -0.614. The van der Waals surface area contributed by atoms with Gasteiger partial charge in [0.15, 0.2) is 0 Å². The summed E-state index contributed by atoms with van der Waals surface area (Å²) in [7, 11) is 0. The molecule has 1 aromatic heterocycles. The van der Waals surface area contributed by atoms with Gasteiger partial charge in [-0.3, -0.25) is 14.3 Å². The lowest BCUT2D eigenvalue weighted by Crippen LogP contribution is -2.34. The van der Waals surface area contributed by atoms with E-state index in [0.717, 1.165) is 17.0 Å². The zero-order valence-corrected chi connectivity index (χ0v) is 17.4. The number of nitrogens with one attached hydrogen (secondary N) is 1. The van der Waals surface area contributed by atoms with Crippen LogP contribution in [0.5, 0.6) is 0 Å². The molecule has 0 saturated heterocycles. The normalized spacial score (nSPS) is 10.8. The van der Waals surface area contributed by atoms with Gasteiger partial charge in [-0.15, -0.1) is 0 Å². The van der Waals surface area contributed by atoms with Crippen LogP contribution >= 0.6 is 11.6 Å². The minimum absolute atomic E-state index is 0.00227. The van der Waals surface area contributed by atoms with Gasteiger partial charge in [-0.25, -0.2) is 4.39 Å². The number of likely N-dealkylation sites (N-methyl/N-ethyl adjacent to an activating group) is 1. The van der Waals surface area contributed by atoms with Gasteiger partial charge in [0.1, 0.15) is 12.4 Å². The standard InChI is InChI=1S/C20H26ClFN4O2/c1-5-25(6-2)20(28)12-26-14(4)17(13(3)24-26)10-19(27)23-11-15-7-8-16(22)9-18(15)21/h7-9H,5-6,10-12H2,1-4H3,(H,23,27). The molecule has 0 aliphatic carbocycles. The van der Waals surface area contributed by atoms with E-state index in [1.165, 1.54) is 12.1 Å². The van der Waals surface area contributed by atoms with Crippen molar-refractivity contribution in [3.05, 3.63) is 51.6 Å². The minimum Gasteiger partial charge on any atom is -0.352 e. The van der Waals surface area contributed by atoms with Crippen molar-refractivity contribution in [2.75, 3.05) is 13.1 Å². The molecule has 1 aromatic carbocycles. The van der Waals surface area contributed by atoms with E-state index in [4.69, 9.17) is 11.6 Å². The van der Waals surface area contributed by atoms with E-state index in [-0.39, 0.29) is 36.3 Å². The smallest absolute Gasteiger partial charge is 0.244 e. The molecule has 0 aliphatic rings. The molecule has 0 bridgehead atoms. The molecule has 2 rings (SSSR count). The summed E-state index contributed by atoms with van der Waals surface area (Å²) < 4.78 is 14.8. The highest BCUT2D eigenvalue weighted by atomic mass is 35.5. The Kier molecular flexibility index (Phi) is 7.57. The predicted octanol–water partition coefficient (Wildman–Crippen LogP) is 3.02. The van der Waals surface area contributed by atoms with Crippen LogP contribution in [0.15, 0.2) is 18.2 Å². The summed E-state index contributed by atoms with van der Waals surface area (Å²) in [4.78, 5) is 26.4. The van der Waals surface area contributed by atoms with E-state index in [1.54, 1.807) is 15.6 Å². The molecule has 0 aliphatic heterocycles. The fraction of sp³-hybridized carbons (Fsp3) is 0.450. The van der Waals surface area contributed by atoms with Gasteiger partial charge < -0.3 is 10.2 Å². The highest BCUT2D eigenvalue weighted by Gasteiger charge is 2.18. The molecule has 2 aromatic rings. The number of halogens is 2. The fourth-order valence-corrected chi connectivity index (χ4v) is 3.26. The van der Waals surface area contributed by atoms with E-state index in [2.05, 4.69) is 10.4 Å². The van der Waals surface area contributed by atoms with Crippen LogP contribution in [-0.4, -0.2) is 39.6 Å². The van der Waals surface area contributed by atoms with Crippen LogP contribution < -0.4 is 5.32 Å². The van der Waals surface area contributed by atoms with E-state index < -0.39 is 5.82 Å². The Morgan fingerprint density at radius 1 is 1.25 bits per heavy atom. The zero-order chi connectivity index (χ0) is 20.8. The second-order valence-corrected chi connectivity index (χ2v) is 6.97. The minimum atomic E-state index is -0.419. The highest BCUT2D eigenvalue weighted by molar-refractivity contribution is 6.31. The van der Waals surface area contributed by atoms with Gasteiger partial charge in [-0.1, -0.05) is 17.7 Å². The monoisotopic (exact) mass is 408 g/mol. The largest absolute Gasteiger partial charge is 0.352 e. The lowest BCUT2D eigenvalue weighted by atomic mass is 10.1. The SMILES string of the molecule is CCN(CC)C(=O)Cn1nc(C)c(CC(=O)NCc2ccc(F)cc2Cl)c1C. The topological polar surface area (TPSA) is 67.2 Å². The molecule has 152 valence electrons. The lowest BCUT2D eigenvalue weighted by molar-refractivity contribution is -0.131. The molecule has 0 saturated carbocycles. The average molecular weight is 409 g/mol. The van der Waals surface area contributed by atoms with Crippen molar-refractivity contribution in [3.8, 4) is 0 Å². The van der Waals surface area contributed by atoms with E-state index in [9.17, 15) is 14.0 Å². The first-order valence-corrected chi connectivity index (χ1v) is 9.65. The number of carbonyl (C=O) groups is 2. The Labute approximate surface area is 169 Å². The number of aryl methyl sites for hydroxylation is 1. The van der Waals surface area contributed by atoms with Crippen LogP contribution in [0, 0.1) is 19.7 Å². The number of hydrogen-bond donors (Lipinski definition) is 1. The Bertz CT molecular complexity index is 862. The number of carbonyl (C=O) groups excluding carboxylic acids is 2. The third-order valence-corrected chi connectivity index (χ3v) is 5.11. The van der Waals surface area contributed by atoms with Crippen LogP contribution in [0.2, 0.25) is 5.02 Å². The summed E-state index contributed by atoms with van der Waals surface area (Å²) >= 11 is 5.98. The first kappa shape index (κ1) is 21.9. The second kappa shape index (κ2) is 9.68. The third-order valence-electron chi connectivity index (χ3n) is 4.76. The molecule has 0 atom stereocenters. The molecule has 6 nitrogen and oxygen atoms in total. The van der Waals surface area contributed by atoms with Crippen LogP contribution in [-0.2, 0) is 29.1 Å². The maximum Gasteiger partial charge on any atom is 0.244 e. The van der Waals surface area contributed by atoms with Crippen LogP contribution in [0.4, 0.5) is 4.39 Å². The summed E-state index contributed by atoms with van der Waals surface area (Å²) in [5.41, 5.74) is 2.97. The summed E-state index contributed by atoms with van der Waals surface area (Å²) in [6.45, 7) is 9.22. The van der Waals surface area contributed by atoms with E-state index in [1.807, 2.05) is 27.7 Å². The first-order valence-electron chi connectivity index (χ1n) is 9.28. The van der Waals surface area contributed by atoms with Gasteiger partial charge in [0.25, 0.3) is 0 Å². The van der Waals surface area contributed by atoms with Gasteiger partial charge in [-0.05, 0) is 45.4 Å². The Morgan fingerprint density at radius 2 is 1.93 bits per heavy atom. The van der Waals surface area contributed by atoms with Crippen molar-refractivity contribution in [1.82, 2.24) is 20.0 Å². The molecule has 0 unspecified atom stereocenters. The summed E-state index contributed by atoms with van der Waals surface area (Å²) in [6, 6.07) is 4.07. The quantitative estimate of drug-likeness (QED) is 0.730. The fourth-order valence-electron chi connectivity index (χ4n) is 3.03. The predicted molar refractivity (Wildman–Crippen MR) is 107 cm³/mol. The molecular weight excluding hydrogens is 383 g/mol. The second-order valence-electron chi connectivity index (χ2n) is 6.56.